The Morgan fingerprint density at radius 1 is 1.00 bits per heavy atom. The second kappa shape index (κ2) is 11.9. The molecule has 8 heteroatoms. The van der Waals surface area contributed by atoms with Crippen LogP contribution in [0.5, 0.6) is 11.5 Å². The lowest BCUT2D eigenvalue weighted by Gasteiger charge is -2.24. The highest BCUT2D eigenvalue weighted by Gasteiger charge is 2.30. The first-order valence-corrected chi connectivity index (χ1v) is 13.0. The van der Waals surface area contributed by atoms with Gasteiger partial charge in [0, 0.05) is 11.4 Å². The number of carbonyl (C=O) groups excluding carboxylic acids is 2. The molecular weight excluding hydrogens is 474 g/mol. The average molecular weight is 506 g/mol. The maximum absolute atomic E-state index is 13.1. The van der Waals surface area contributed by atoms with E-state index in [-0.39, 0.29) is 24.4 Å². The molecular formula is C28H31N3O4S. The smallest absolute Gasteiger partial charge is 0.323 e. The standard InChI is InChI=1S/C28H31N3O4S/c1-19-8-11-23(12-9-19)35-16-22-17-36-18-31(22)27(32)15-21-10-13-25(26(14-21)34-3)30-28(33)29-24-7-5-4-6-20(24)2/h4-14,22H,15-18H2,1-3H3,(H2,29,30,33)/t22-/m1/s1. The molecule has 3 amide bonds. The van der Waals surface area contributed by atoms with Crippen LogP contribution in [0, 0.1) is 13.8 Å². The first kappa shape index (κ1) is 25.4. The van der Waals surface area contributed by atoms with Crippen molar-refractivity contribution < 1.29 is 19.1 Å². The zero-order chi connectivity index (χ0) is 25.5. The number of hydrogen-bond acceptors (Lipinski definition) is 5. The molecule has 1 aliphatic rings. The Morgan fingerprint density at radius 2 is 1.75 bits per heavy atom. The van der Waals surface area contributed by atoms with E-state index in [4.69, 9.17) is 9.47 Å². The van der Waals surface area contributed by atoms with Gasteiger partial charge in [-0.25, -0.2) is 4.79 Å². The fourth-order valence-electron chi connectivity index (χ4n) is 3.94. The number of hydrogen-bond donors (Lipinski definition) is 2. The van der Waals surface area contributed by atoms with Gasteiger partial charge in [-0.05, 0) is 55.3 Å². The molecule has 4 rings (SSSR count). The predicted molar refractivity (Wildman–Crippen MR) is 145 cm³/mol. The number of rotatable bonds is 8. The lowest BCUT2D eigenvalue weighted by Crippen LogP contribution is -2.41. The number of amides is 3. The lowest BCUT2D eigenvalue weighted by molar-refractivity contribution is -0.131. The van der Waals surface area contributed by atoms with Gasteiger partial charge in [-0.2, -0.15) is 0 Å². The molecule has 3 aromatic rings. The summed E-state index contributed by atoms with van der Waals surface area (Å²) in [6, 6.07) is 20.5. The summed E-state index contributed by atoms with van der Waals surface area (Å²) < 4.78 is 11.4. The van der Waals surface area contributed by atoms with Crippen LogP contribution in [0.25, 0.3) is 0 Å². The van der Waals surface area contributed by atoms with E-state index in [1.807, 2.05) is 73.3 Å². The van der Waals surface area contributed by atoms with Gasteiger partial charge in [0.1, 0.15) is 18.1 Å². The monoisotopic (exact) mass is 505 g/mol. The van der Waals surface area contributed by atoms with E-state index in [0.717, 1.165) is 28.3 Å². The molecule has 3 aromatic carbocycles. The number of ether oxygens (including phenoxy) is 2. The van der Waals surface area contributed by atoms with E-state index in [9.17, 15) is 9.59 Å². The Hall–Kier alpha value is -3.65. The number of anilines is 2. The van der Waals surface area contributed by atoms with Gasteiger partial charge in [-0.1, -0.05) is 42.0 Å². The molecule has 0 aliphatic carbocycles. The van der Waals surface area contributed by atoms with Crippen molar-refractivity contribution in [1.82, 2.24) is 4.90 Å². The van der Waals surface area contributed by atoms with Crippen LogP contribution in [-0.2, 0) is 11.2 Å². The van der Waals surface area contributed by atoms with E-state index in [1.54, 1.807) is 31.0 Å². The third kappa shape index (κ3) is 6.51. The quantitative estimate of drug-likeness (QED) is 0.424. The molecule has 1 fully saturated rings. The van der Waals surface area contributed by atoms with Gasteiger partial charge >= 0.3 is 6.03 Å². The molecule has 36 heavy (non-hydrogen) atoms. The van der Waals surface area contributed by atoms with Crippen molar-refractivity contribution in [2.45, 2.75) is 26.3 Å². The molecule has 0 bridgehead atoms. The van der Waals surface area contributed by atoms with Crippen molar-refractivity contribution in [2.24, 2.45) is 0 Å². The van der Waals surface area contributed by atoms with Gasteiger partial charge in [-0.15, -0.1) is 11.8 Å². The number of thioether (sulfide) groups is 1. The van der Waals surface area contributed by atoms with Crippen molar-refractivity contribution in [2.75, 3.05) is 36.0 Å². The van der Waals surface area contributed by atoms with Crippen molar-refractivity contribution in [3.63, 3.8) is 0 Å². The summed E-state index contributed by atoms with van der Waals surface area (Å²) in [6.07, 6.45) is 0.244. The van der Waals surface area contributed by atoms with Crippen molar-refractivity contribution in [3.05, 3.63) is 83.4 Å². The molecule has 1 atom stereocenters. The third-order valence-electron chi connectivity index (χ3n) is 6.03. The second-order valence-corrected chi connectivity index (χ2v) is 9.75. The highest BCUT2D eigenvalue weighted by Crippen LogP contribution is 2.28. The van der Waals surface area contributed by atoms with E-state index >= 15 is 0 Å². The van der Waals surface area contributed by atoms with Crippen molar-refractivity contribution in [1.29, 1.82) is 0 Å². The number of para-hydroxylation sites is 1. The summed E-state index contributed by atoms with van der Waals surface area (Å²) >= 11 is 1.73. The van der Waals surface area contributed by atoms with E-state index in [0.29, 0.717) is 23.9 Å². The molecule has 2 N–H and O–H groups in total. The molecule has 1 saturated heterocycles. The third-order valence-corrected chi connectivity index (χ3v) is 7.11. The number of methoxy groups -OCH3 is 1. The van der Waals surface area contributed by atoms with Crippen LogP contribution in [0.1, 0.15) is 16.7 Å². The van der Waals surface area contributed by atoms with Crippen LogP contribution >= 0.6 is 11.8 Å². The normalized spacial score (nSPS) is 14.9. The van der Waals surface area contributed by atoms with Crippen molar-refractivity contribution >= 4 is 35.1 Å². The summed E-state index contributed by atoms with van der Waals surface area (Å²) in [5.41, 5.74) is 4.23. The van der Waals surface area contributed by atoms with Crippen LogP contribution < -0.4 is 20.1 Å². The van der Waals surface area contributed by atoms with Crippen LogP contribution in [0.15, 0.2) is 66.7 Å². The number of nitrogens with one attached hydrogen (secondary N) is 2. The molecule has 0 radical (unpaired) electrons. The fraction of sp³-hybridized carbons (Fsp3) is 0.286. The highest BCUT2D eigenvalue weighted by atomic mass is 32.2. The van der Waals surface area contributed by atoms with Crippen LogP contribution in [0.2, 0.25) is 0 Å². The summed E-state index contributed by atoms with van der Waals surface area (Å²) in [7, 11) is 1.54. The Morgan fingerprint density at radius 3 is 2.50 bits per heavy atom. The lowest BCUT2D eigenvalue weighted by atomic mass is 10.1. The molecule has 0 aromatic heterocycles. The minimum atomic E-state index is -0.364. The summed E-state index contributed by atoms with van der Waals surface area (Å²) in [5, 5.41) is 5.67. The maximum Gasteiger partial charge on any atom is 0.323 e. The van der Waals surface area contributed by atoms with E-state index in [2.05, 4.69) is 10.6 Å². The van der Waals surface area contributed by atoms with E-state index < -0.39 is 0 Å². The molecule has 1 aliphatic heterocycles. The Kier molecular flexibility index (Phi) is 8.38. The Balaban J connectivity index is 1.35. The molecule has 7 nitrogen and oxygen atoms in total. The maximum atomic E-state index is 13.1. The van der Waals surface area contributed by atoms with Gasteiger partial charge in [0.25, 0.3) is 0 Å². The first-order valence-electron chi connectivity index (χ1n) is 11.8. The zero-order valence-electron chi connectivity index (χ0n) is 20.7. The largest absolute Gasteiger partial charge is 0.495 e. The molecule has 188 valence electrons. The Labute approximate surface area is 216 Å². The SMILES string of the molecule is COc1cc(CC(=O)N2CSC[C@H]2COc2ccc(C)cc2)ccc1NC(=O)Nc1ccccc1C. The van der Waals surface area contributed by atoms with Gasteiger partial charge in [0.15, 0.2) is 0 Å². The molecule has 0 saturated carbocycles. The molecule has 0 spiro atoms. The van der Waals surface area contributed by atoms with Gasteiger partial charge in [-0.3, -0.25) is 4.79 Å². The van der Waals surface area contributed by atoms with Crippen molar-refractivity contribution in [3.8, 4) is 11.5 Å². The number of nitrogens with zero attached hydrogens (tertiary/aromatic N) is 1. The second-order valence-electron chi connectivity index (χ2n) is 8.75. The van der Waals surface area contributed by atoms with E-state index in [1.165, 1.54) is 5.56 Å². The average Bonchev–Trinajstić information content (AvgIpc) is 3.35. The summed E-state index contributed by atoms with van der Waals surface area (Å²) in [5.74, 6) is 2.84. The number of urea groups is 1. The van der Waals surface area contributed by atoms with Crippen LogP contribution in [0.4, 0.5) is 16.2 Å². The number of carbonyl (C=O) groups is 2. The minimum absolute atomic E-state index is 0.0248. The number of aryl methyl sites for hydroxylation is 2. The predicted octanol–water partition coefficient (Wildman–Crippen LogP) is 5.48. The summed E-state index contributed by atoms with van der Waals surface area (Å²) in [4.78, 5) is 27.5. The number of benzene rings is 3. The van der Waals surface area contributed by atoms with Gasteiger partial charge < -0.3 is 25.0 Å². The van der Waals surface area contributed by atoms with Gasteiger partial charge in [0.2, 0.25) is 5.91 Å². The van der Waals surface area contributed by atoms with Crippen LogP contribution in [-0.4, -0.2) is 48.2 Å². The molecule has 0 unspecified atom stereocenters. The topological polar surface area (TPSA) is 79.9 Å². The highest BCUT2D eigenvalue weighted by molar-refractivity contribution is 7.99. The summed E-state index contributed by atoms with van der Waals surface area (Å²) in [6.45, 7) is 4.43. The Bertz CT molecular complexity index is 1220. The van der Waals surface area contributed by atoms with Crippen LogP contribution in [0.3, 0.4) is 0 Å². The first-order chi connectivity index (χ1) is 17.4. The molecule has 1 heterocycles. The minimum Gasteiger partial charge on any atom is -0.495 e. The zero-order valence-corrected chi connectivity index (χ0v) is 21.6. The van der Waals surface area contributed by atoms with Gasteiger partial charge in [0.05, 0.1) is 31.1 Å². The fourth-order valence-corrected chi connectivity index (χ4v) is 5.14.